The third-order valence-corrected chi connectivity index (χ3v) is 9.40. The van der Waals surface area contributed by atoms with Gasteiger partial charge in [-0.2, -0.15) is 0 Å². The molecule has 5 nitrogen and oxygen atoms in total. The summed E-state index contributed by atoms with van der Waals surface area (Å²) < 4.78 is 12.8. The van der Waals surface area contributed by atoms with Gasteiger partial charge in [-0.05, 0) is 59.7 Å². The second-order valence-corrected chi connectivity index (χ2v) is 12.4. The van der Waals surface area contributed by atoms with E-state index in [0.29, 0.717) is 5.82 Å². The maximum Gasteiger partial charge on any atom is 0.160 e. The highest BCUT2D eigenvalue weighted by atomic mass is 16.3. The highest BCUT2D eigenvalue weighted by Crippen LogP contribution is 2.43. The molecule has 0 saturated carbocycles. The van der Waals surface area contributed by atoms with Crippen molar-refractivity contribution in [1.82, 2.24) is 15.0 Å². The molecule has 0 fully saturated rings. The van der Waals surface area contributed by atoms with Crippen molar-refractivity contribution in [3.63, 3.8) is 0 Å². The van der Waals surface area contributed by atoms with Crippen LogP contribution in [0.15, 0.2) is 173 Å². The number of hydrogen-bond donors (Lipinski definition) is 0. The lowest BCUT2D eigenvalue weighted by molar-refractivity contribution is 0.668. The largest absolute Gasteiger partial charge is 0.456 e. The molecule has 0 bridgehead atoms. The van der Waals surface area contributed by atoms with E-state index in [0.717, 1.165) is 94.2 Å². The van der Waals surface area contributed by atoms with Crippen LogP contribution < -0.4 is 0 Å². The Kier molecular flexibility index (Phi) is 6.42. The zero-order valence-electron chi connectivity index (χ0n) is 26.7. The predicted molar refractivity (Wildman–Crippen MR) is 202 cm³/mol. The molecule has 0 atom stereocenters. The molecule has 10 aromatic rings. The fourth-order valence-electron chi connectivity index (χ4n) is 7.01. The van der Waals surface area contributed by atoms with Crippen molar-refractivity contribution in [2.75, 3.05) is 0 Å². The molecule has 0 radical (unpaired) electrons. The topological polar surface area (TPSA) is 65.0 Å². The summed E-state index contributed by atoms with van der Waals surface area (Å²) in [6, 6.07) is 51.8. The molecule has 0 aliphatic rings. The second-order valence-electron chi connectivity index (χ2n) is 12.4. The van der Waals surface area contributed by atoms with Crippen LogP contribution in [0, 0.1) is 0 Å². The van der Waals surface area contributed by atoms with E-state index >= 15 is 0 Å². The molecule has 0 spiro atoms. The van der Waals surface area contributed by atoms with E-state index in [-0.39, 0.29) is 0 Å². The molecule has 0 aliphatic carbocycles. The molecular weight excluding hydrogens is 615 g/mol. The highest BCUT2D eigenvalue weighted by Gasteiger charge is 2.20. The lowest BCUT2D eigenvalue weighted by atomic mass is 9.95. The number of benzene rings is 6. The van der Waals surface area contributed by atoms with Gasteiger partial charge in [0.2, 0.25) is 0 Å². The lowest BCUT2D eigenvalue weighted by Crippen LogP contribution is -1.97. The third kappa shape index (κ3) is 4.67. The normalized spacial score (nSPS) is 11.6. The van der Waals surface area contributed by atoms with Crippen LogP contribution in [-0.2, 0) is 0 Å². The number of rotatable bonds is 5. The van der Waals surface area contributed by atoms with E-state index in [4.69, 9.17) is 18.8 Å². The highest BCUT2D eigenvalue weighted by molar-refractivity contribution is 6.17. The van der Waals surface area contributed by atoms with Crippen molar-refractivity contribution < 1.29 is 8.83 Å². The minimum Gasteiger partial charge on any atom is -0.456 e. The molecule has 50 heavy (non-hydrogen) atoms. The molecule has 5 heteroatoms. The van der Waals surface area contributed by atoms with Gasteiger partial charge in [-0.25, -0.2) is 9.97 Å². The lowest BCUT2D eigenvalue weighted by Gasteiger charge is -2.12. The molecular formula is C45H27N3O2. The molecule has 6 aromatic carbocycles. The maximum atomic E-state index is 6.70. The molecule has 0 unspecified atom stereocenters. The van der Waals surface area contributed by atoms with Crippen molar-refractivity contribution in [2.24, 2.45) is 0 Å². The second kappa shape index (κ2) is 11.4. The molecule has 0 N–H and O–H groups in total. The van der Waals surface area contributed by atoms with Gasteiger partial charge in [0.05, 0.1) is 11.4 Å². The van der Waals surface area contributed by atoms with Crippen LogP contribution in [0.2, 0.25) is 0 Å². The first-order chi connectivity index (χ1) is 24.8. The molecule has 4 heterocycles. The first-order valence-electron chi connectivity index (χ1n) is 16.6. The maximum absolute atomic E-state index is 6.70. The van der Waals surface area contributed by atoms with Gasteiger partial charge in [-0.1, -0.05) is 103 Å². The van der Waals surface area contributed by atoms with Gasteiger partial charge in [-0.3, -0.25) is 4.98 Å². The fraction of sp³-hybridized carbons (Fsp3) is 0. The standard InChI is InChI=1S/C45H27N3O2/c1-2-10-28(11-3-1)38-26-39(48-45(47-38)31-13-8-12-29(24-31)32-14-9-23-46-27-32)35-21-20-33(44-43(35)36-16-5-7-18-41(36)50-44)30-19-22-42-37(25-30)34-15-4-6-17-40(34)49-42/h1-27H. The average Bonchev–Trinajstić information content (AvgIpc) is 3.77. The van der Waals surface area contributed by atoms with Crippen LogP contribution in [0.3, 0.4) is 0 Å². The molecule has 234 valence electrons. The summed E-state index contributed by atoms with van der Waals surface area (Å²) in [5.41, 5.74) is 12.1. The summed E-state index contributed by atoms with van der Waals surface area (Å²) in [6.45, 7) is 0. The Morgan fingerprint density at radius 2 is 1.10 bits per heavy atom. The van der Waals surface area contributed by atoms with E-state index in [1.54, 1.807) is 6.20 Å². The molecule has 10 rings (SSSR count). The number of hydrogen-bond acceptors (Lipinski definition) is 5. The van der Waals surface area contributed by atoms with Gasteiger partial charge in [0.15, 0.2) is 5.82 Å². The van der Waals surface area contributed by atoms with Crippen molar-refractivity contribution in [2.45, 2.75) is 0 Å². The van der Waals surface area contributed by atoms with Crippen LogP contribution in [0.5, 0.6) is 0 Å². The summed E-state index contributed by atoms with van der Waals surface area (Å²) >= 11 is 0. The summed E-state index contributed by atoms with van der Waals surface area (Å²) in [4.78, 5) is 14.7. The number of fused-ring (bicyclic) bond motifs is 6. The monoisotopic (exact) mass is 641 g/mol. The van der Waals surface area contributed by atoms with Gasteiger partial charge in [0.1, 0.15) is 22.3 Å². The Morgan fingerprint density at radius 3 is 1.96 bits per heavy atom. The van der Waals surface area contributed by atoms with Gasteiger partial charge < -0.3 is 8.83 Å². The number of pyridine rings is 1. The Hall–Kier alpha value is -6.85. The Labute approximate surface area is 287 Å². The number of para-hydroxylation sites is 2. The van der Waals surface area contributed by atoms with Gasteiger partial charge in [0.25, 0.3) is 0 Å². The van der Waals surface area contributed by atoms with Crippen LogP contribution in [0.1, 0.15) is 0 Å². The summed E-state index contributed by atoms with van der Waals surface area (Å²) in [6.07, 6.45) is 3.66. The van der Waals surface area contributed by atoms with Crippen molar-refractivity contribution >= 4 is 43.9 Å². The minimum atomic E-state index is 0.648. The molecule has 0 aliphatic heterocycles. The Balaban J connectivity index is 1.20. The first-order valence-corrected chi connectivity index (χ1v) is 16.6. The zero-order valence-corrected chi connectivity index (χ0v) is 26.7. The summed E-state index contributed by atoms with van der Waals surface area (Å²) in [7, 11) is 0. The van der Waals surface area contributed by atoms with Crippen LogP contribution in [0.4, 0.5) is 0 Å². The summed E-state index contributed by atoms with van der Waals surface area (Å²) in [5, 5.41) is 4.22. The van der Waals surface area contributed by atoms with E-state index < -0.39 is 0 Å². The van der Waals surface area contributed by atoms with E-state index in [2.05, 4.69) is 96.0 Å². The summed E-state index contributed by atoms with van der Waals surface area (Å²) in [5.74, 6) is 0.648. The van der Waals surface area contributed by atoms with Crippen molar-refractivity contribution in [3.8, 4) is 56.2 Å². The van der Waals surface area contributed by atoms with Gasteiger partial charge in [-0.15, -0.1) is 0 Å². The molecule has 0 saturated heterocycles. The Morgan fingerprint density at radius 1 is 0.400 bits per heavy atom. The first kappa shape index (κ1) is 28.2. The number of furan rings is 2. The molecule has 4 aromatic heterocycles. The van der Waals surface area contributed by atoms with Crippen LogP contribution in [0.25, 0.3) is 100 Å². The molecule has 0 amide bonds. The fourth-order valence-corrected chi connectivity index (χ4v) is 7.01. The van der Waals surface area contributed by atoms with E-state index in [1.807, 2.05) is 66.9 Å². The van der Waals surface area contributed by atoms with Gasteiger partial charge in [0, 0.05) is 61.8 Å². The van der Waals surface area contributed by atoms with Crippen molar-refractivity contribution in [3.05, 3.63) is 164 Å². The third-order valence-electron chi connectivity index (χ3n) is 9.40. The van der Waals surface area contributed by atoms with E-state index in [1.165, 1.54) is 0 Å². The quantitative estimate of drug-likeness (QED) is 0.187. The number of nitrogens with zero attached hydrogens (tertiary/aromatic N) is 3. The predicted octanol–water partition coefficient (Wildman–Crippen LogP) is 12.0. The zero-order chi connectivity index (χ0) is 33.0. The Bertz CT molecular complexity index is 2870. The van der Waals surface area contributed by atoms with E-state index in [9.17, 15) is 0 Å². The number of aromatic nitrogens is 3. The smallest absolute Gasteiger partial charge is 0.160 e. The van der Waals surface area contributed by atoms with Crippen LogP contribution >= 0.6 is 0 Å². The van der Waals surface area contributed by atoms with Crippen LogP contribution in [-0.4, -0.2) is 15.0 Å². The van der Waals surface area contributed by atoms with Gasteiger partial charge >= 0.3 is 0 Å². The van der Waals surface area contributed by atoms with Crippen molar-refractivity contribution in [1.29, 1.82) is 0 Å². The average molecular weight is 642 g/mol. The SMILES string of the molecule is c1ccc(-c2cc(-c3ccc(-c4ccc5oc6ccccc6c5c4)c4oc5ccccc5c34)nc(-c3cccc(-c4cccnc4)c3)n2)cc1. The minimum absolute atomic E-state index is 0.648.